The highest BCUT2D eigenvalue weighted by Gasteiger charge is 2.29. The van der Waals surface area contributed by atoms with Gasteiger partial charge in [-0.05, 0) is 18.2 Å². The predicted molar refractivity (Wildman–Crippen MR) is 144 cm³/mol. The zero-order valence-electron chi connectivity index (χ0n) is 22.1. The molecule has 0 bridgehead atoms. The van der Waals surface area contributed by atoms with Gasteiger partial charge < -0.3 is 18.9 Å². The molecule has 7 nitrogen and oxygen atoms in total. The van der Waals surface area contributed by atoms with Gasteiger partial charge in [0.2, 0.25) is 0 Å². The predicted octanol–water partition coefficient (Wildman–Crippen LogP) is 5.47. The summed E-state index contributed by atoms with van der Waals surface area (Å²) in [5.41, 5.74) is 4.25. The number of Topliss-reactive ketones (excluding diaryl/α,β-unsaturated/α-hetero) is 1. The lowest BCUT2D eigenvalue weighted by atomic mass is 9.87. The summed E-state index contributed by atoms with van der Waals surface area (Å²) in [4.78, 5) is 25.3. The summed E-state index contributed by atoms with van der Waals surface area (Å²) < 4.78 is 13.3. The topological polar surface area (TPSA) is 69.5 Å². The molecule has 0 aliphatic carbocycles. The first-order valence-corrected chi connectivity index (χ1v) is 16.0. The molecule has 1 fully saturated rings. The van der Waals surface area contributed by atoms with Crippen LogP contribution in [-0.2, 0) is 16.2 Å². The number of carbonyl (C=O) groups excluding carboxylic acids is 1. The molecule has 0 saturated carbocycles. The van der Waals surface area contributed by atoms with Crippen molar-refractivity contribution in [3.8, 4) is 11.3 Å². The number of nitrogens with zero attached hydrogens (tertiary/aromatic N) is 4. The van der Waals surface area contributed by atoms with Gasteiger partial charge in [-0.25, -0.2) is 9.97 Å². The van der Waals surface area contributed by atoms with Gasteiger partial charge in [0.15, 0.2) is 11.4 Å². The van der Waals surface area contributed by atoms with Crippen molar-refractivity contribution in [2.45, 2.75) is 59.3 Å². The molecule has 0 radical (unpaired) electrons. The van der Waals surface area contributed by atoms with E-state index in [0.29, 0.717) is 30.1 Å². The number of anilines is 1. The Morgan fingerprint density at radius 2 is 1.94 bits per heavy atom. The fraction of sp³-hybridized carbons (Fsp3) is 0.519. The fourth-order valence-corrected chi connectivity index (χ4v) is 4.82. The molecule has 0 amide bonds. The second-order valence-electron chi connectivity index (χ2n) is 11.7. The molecule has 0 spiro atoms. The Balaban J connectivity index is 1.66. The van der Waals surface area contributed by atoms with Crippen molar-refractivity contribution in [3.63, 3.8) is 0 Å². The van der Waals surface area contributed by atoms with Crippen LogP contribution >= 0.6 is 0 Å². The summed E-state index contributed by atoms with van der Waals surface area (Å²) >= 11 is 0. The van der Waals surface area contributed by atoms with Crippen LogP contribution in [0, 0.1) is 5.41 Å². The van der Waals surface area contributed by atoms with Crippen LogP contribution in [0.25, 0.3) is 22.4 Å². The molecule has 35 heavy (non-hydrogen) atoms. The van der Waals surface area contributed by atoms with Crippen molar-refractivity contribution in [1.82, 2.24) is 14.5 Å². The van der Waals surface area contributed by atoms with Crippen molar-refractivity contribution in [2.24, 2.45) is 5.41 Å². The standard InChI is InChI=1S/C27H38N4O3Si/c1-27(2,3)25(32)22-17-31(18-34-11-12-35(5,6)7)26-24(22)29-23(14-28-26)19-9-8-10-20(13-19)30-15-21(16-30)33-4/h8-10,13-14,17,21H,11-12,15-16,18H2,1-7H3. The zero-order chi connectivity index (χ0) is 25.4. The molecule has 8 heteroatoms. The average molecular weight is 495 g/mol. The molecule has 188 valence electrons. The summed E-state index contributed by atoms with van der Waals surface area (Å²) in [6, 6.07) is 9.39. The summed E-state index contributed by atoms with van der Waals surface area (Å²) in [7, 11) is 0.577. The molecule has 1 aromatic carbocycles. The highest BCUT2D eigenvalue weighted by Crippen LogP contribution is 2.31. The Bertz CT molecular complexity index is 1200. The lowest BCUT2D eigenvalue weighted by Gasteiger charge is -2.40. The van der Waals surface area contributed by atoms with Crippen molar-refractivity contribution >= 4 is 30.7 Å². The number of carbonyl (C=O) groups is 1. The van der Waals surface area contributed by atoms with E-state index in [-0.39, 0.29) is 11.9 Å². The van der Waals surface area contributed by atoms with E-state index in [4.69, 9.17) is 19.4 Å². The van der Waals surface area contributed by atoms with E-state index in [1.54, 1.807) is 13.3 Å². The first kappa shape index (κ1) is 25.5. The lowest BCUT2D eigenvalue weighted by molar-refractivity contribution is 0.0787. The van der Waals surface area contributed by atoms with Gasteiger partial charge in [0, 0.05) is 57.7 Å². The molecule has 4 rings (SSSR count). The second kappa shape index (κ2) is 9.83. The van der Waals surface area contributed by atoms with Gasteiger partial charge in [-0.15, -0.1) is 0 Å². The quantitative estimate of drug-likeness (QED) is 0.223. The first-order chi connectivity index (χ1) is 16.5. The minimum Gasteiger partial charge on any atom is -0.378 e. The highest BCUT2D eigenvalue weighted by molar-refractivity contribution is 6.76. The molecule has 2 aromatic heterocycles. The van der Waals surface area contributed by atoms with Gasteiger partial charge in [-0.2, -0.15) is 0 Å². The van der Waals surface area contributed by atoms with E-state index in [1.165, 1.54) is 0 Å². The van der Waals surface area contributed by atoms with Gasteiger partial charge >= 0.3 is 0 Å². The van der Waals surface area contributed by atoms with Crippen LogP contribution in [0.15, 0.2) is 36.7 Å². The molecular formula is C27H38N4O3Si. The number of benzene rings is 1. The number of ketones is 1. The maximum absolute atomic E-state index is 13.3. The Morgan fingerprint density at radius 1 is 1.20 bits per heavy atom. The average Bonchev–Trinajstić information content (AvgIpc) is 3.12. The van der Waals surface area contributed by atoms with E-state index < -0.39 is 13.5 Å². The summed E-state index contributed by atoms with van der Waals surface area (Å²) in [6.45, 7) is 15.6. The molecule has 0 N–H and O–H groups in total. The second-order valence-corrected chi connectivity index (χ2v) is 17.3. The largest absolute Gasteiger partial charge is 0.378 e. The van der Waals surface area contributed by atoms with E-state index in [9.17, 15) is 4.79 Å². The summed E-state index contributed by atoms with van der Waals surface area (Å²) in [5, 5.41) is 0. The molecular weight excluding hydrogens is 456 g/mol. The van der Waals surface area contributed by atoms with Gasteiger partial charge in [0.1, 0.15) is 12.2 Å². The van der Waals surface area contributed by atoms with Crippen molar-refractivity contribution in [2.75, 3.05) is 31.7 Å². The smallest absolute Gasteiger partial charge is 0.171 e. The molecule has 3 heterocycles. The van der Waals surface area contributed by atoms with E-state index in [1.807, 2.05) is 43.7 Å². The van der Waals surface area contributed by atoms with Crippen molar-refractivity contribution in [1.29, 1.82) is 0 Å². The molecule has 1 aliphatic rings. The maximum Gasteiger partial charge on any atom is 0.171 e. The number of hydrogen-bond acceptors (Lipinski definition) is 6. The third-order valence-corrected chi connectivity index (χ3v) is 8.11. The third-order valence-electron chi connectivity index (χ3n) is 6.41. The first-order valence-electron chi connectivity index (χ1n) is 12.3. The SMILES string of the molecule is COC1CN(c2cccc(-c3cnc4c(n3)c(C(=O)C(C)(C)C)cn4COCC[Si](C)(C)C)c2)C1. The normalized spacial score (nSPS) is 15.0. The van der Waals surface area contributed by atoms with E-state index in [0.717, 1.165) is 36.1 Å². The Kier molecular flexibility index (Phi) is 7.17. The monoisotopic (exact) mass is 494 g/mol. The summed E-state index contributed by atoms with van der Waals surface area (Å²) in [6.07, 6.45) is 3.94. The number of aromatic nitrogens is 3. The van der Waals surface area contributed by atoms with Crippen LogP contribution in [0.5, 0.6) is 0 Å². The van der Waals surface area contributed by atoms with Crippen LogP contribution in [0.3, 0.4) is 0 Å². The Morgan fingerprint density at radius 3 is 2.60 bits per heavy atom. The molecule has 0 atom stereocenters. The number of methoxy groups -OCH3 is 1. The van der Waals surface area contributed by atoms with Crippen LogP contribution in [-0.4, -0.2) is 61.3 Å². The number of hydrogen-bond donors (Lipinski definition) is 0. The van der Waals surface area contributed by atoms with Crippen LogP contribution < -0.4 is 4.90 Å². The third kappa shape index (κ3) is 5.82. The van der Waals surface area contributed by atoms with Gasteiger partial charge in [0.25, 0.3) is 0 Å². The summed E-state index contributed by atoms with van der Waals surface area (Å²) in [5.74, 6) is 0.0507. The molecule has 0 unspecified atom stereocenters. The van der Waals surface area contributed by atoms with Crippen LogP contribution in [0.4, 0.5) is 5.69 Å². The molecule has 1 saturated heterocycles. The molecule has 3 aromatic rings. The fourth-order valence-electron chi connectivity index (χ4n) is 4.06. The highest BCUT2D eigenvalue weighted by atomic mass is 28.3. The molecule has 1 aliphatic heterocycles. The van der Waals surface area contributed by atoms with Gasteiger partial charge in [0.05, 0.1) is 23.6 Å². The zero-order valence-corrected chi connectivity index (χ0v) is 23.1. The Labute approximate surface area is 209 Å². The number of rotatable bonds is 9. The van der Waals surface area contributed by atoms with Crippen molar-refractivity contribution in [3.05, 3.63) is 42.2 Å². The minimum absolute atomic E-state index is 0.0507. The maximum atomic E-state index is 13.3. The Hall–Kier alpha value is -2.55. The minimum atomic E-state index is -1.18. The number of fused-ring (bicyclic) bond motifs is 1. The van der Waals surface area contributed by atoms with Crippen LogP contribution in [0.2, 0.25) is 25.7 Å². The lowest BCUT2D eigenvalue weighted by Crippen LogP contribution is -2.51. The van der Waals surface area contributed by atoms with E-state index in [2.05, 4.69) is 36.7 Å². The number of ether oxygens (including phenoxy) is 2. The van der Waals surface area contributed by atoms with Crippen molar-refractivity contribution < 1.29 is 14.3 Å². The van der Waals surface area contributed by atoms with E-state index >= 15 is 0 Å². The van der Waals surface area contributed by atoms with Crippen LogP contribution in [0.1, 0.15) is 31.1 Å². The van der Waals surface area contributed by atoms with Gasteiger partial charge in [-0.3, -0.25) is 4.79 Å². The van der Waals surface area contributed by atoms with Gasteiger partial charge in [-0.1, -0.05) is 52.5 Å².